The summed E-state index contributed by atoms with van der Waals surface area (Å²) in [5, 5.41) is 27.2. The largest absolute Gasteiger partial charge is 0.364 e. The second-order valence-corrected chi connectivity index (χ2v) is 21.8. The number of aromatic nitrogens is 9. The number of nitrogens with two attached hydrogens (primary N) is 2. The number of carbonyl (C=O) groups excluding carboxylic acids is 11. The highest BCUT2D eigenvalue weighted by atomic mass is 16.2. The van der Waals surface area contributed by atoms with Gasteiger partial charge in [0.05, 0.1) is 45.9 Å². The number of imidazole rings is 1. The third-order valence-electron chi connectivity index (χ3n) is 14.3. The molecule has 1 atom stereocenters. The summed E-state index contributed by atoms with van der Waals surface area (Å²) in [6.07, 6.45) is 13.9. The molecular formula is C59H71N21O11. The van der Waals surface area contributed by atoms with Gasteiger partial charge in [-0.1, -0.05) is 0 Å². The van der Waals surface area contributed by atoms with Gasteiger partial charge in [0, 0.05) is 144 Å². The van der Waals surface area contributed by atoms with Crippen molar-refractivity contribution in [2.45, 2.75) is 45.2 Å². The Kier molecular flexibility index (Phi) is 20.1. The van der Waals surface area contributed by atoms with Crippen LogP contribution in [0.15, 0.2) is 98.2 Å². The first-order valence-corrected chi connectivity index (χ1v) is 28.4. The fraction of sp³-hybridized carbons (Fsp3) is 0.288. The first kappa shape index (κ1) is 65.3. The zero-order chi connectivity index (χ0) is 66.1. The second-order valence-electron chi connectivity index (χ2n) is 21.8. The molecule has 0 aromatic carbocycles. The summed E-state index contributed by atoms with van der Waals surface area (Å²) in [5.74, 6) is -5.38. The van der Waals surface area contributed by atoms with Crippen LogP contribution in [0.5, 0.6) is 0 Å². The van der Waals surface area contributed by atoms with Crippen LogP contribution in [0.3, 0.4) is 0 Å². The van der Waals surface area contributed by atoms with Crippen molar-refractivity contribution in [3.05, 3.63) is 144 Å². The van der Waals surface area contributed by atoms with Crippen molar-refractivity contribution in [2.75, 3.05) is 56.9 Å². The zero-order valence-corrected chi connectivity index (χ0v) is 51.3. The van der Waals surface area contributed by atoms with Crippen molar-refractivity contribution in [3.63, 3.8) is 0 Å². The predicted octanol–water partition coefficient (Wildman–Crippen LogP) is 2.54. The highest BCUT2D eigenvalue weighted by Crippen LogP contribution is 2.23. The first-order valence-electron chi connectivity index (χ1n) is 28.4. The minimum Gasteiger partial charge on any atom is -0.364 e. The van der Waals surface area contributed by atoms with Gasteiger partial charge in [-0.05, 0) is 62.7 Å². The van der Waals surface area contributed by atoms with Gasteiger partial charge in [-0.3, -0.25) is 52.7 Å². The molecule has 11 amide bonds. The molecule has 0 aliphatic rings. The Morgan fingerprint density at radius 1 is 0.407 bits per heavy atom. The lowest BCUT2D eigenvalue weighted by Crippen LogP contribution is -2.39. The maximum absolute atomic E-state index is 13.5. The molecule has 8 aromatic rings. The van der Waals surface area contributed by atoms with E-state index in [9.17, 15) is 52.7 Å². The molecule has 14 N–H and O–H groups in total. The zero-order valence-electron chi connectivity index (χ0n) is 51.3. The van der Waals surface area contributed by atoms with Crippen LogP contribution in [0.4, 0.5) is 39.8 Å². The van der Waals surface area contributed by atoms with Crippen molar-refractivity contribution in [3.8, 4) is 0 Å². The number of primary amides is 1. The van der Waals surface area contributed by atoms with Crippen molar-refractivity contribution in [1.29, 1.82) is 0 Å². The van der Waals surface area contributed by atoms with Crippen molar-refractivity contribution < 1.29 is 52.7 Å². The lowest BCUT2D eigenvalue weighted by Gasteiger charge is -2.12. The minimum atomic E-state index is -1.08. The van der Waals surface area contributed by atoms with E-state index in [0.717, 1.165) is 0 Å². The summed E-state index contributed by atoms with van der Waals surface area (Å²) in [6, 6.07) is 9.20. The summed E-state index contributed by atoms with van der Waals surface area (Å²) in [4.78, 5) is 147. The number of hydrogen-bond acceptors (Lipinski definition) is 13. The van der Waals surface area contributed by atoms with Crippen molar-refractivity contribution in [1.82, 2.24) is 57.5 Å². The van der Waals surface area contributed by atoms with Crippen molar-refractivity contribution >= 4 is 105 Å². The number of hydrogen-bond donors (Lipinski definition) is 12. The fourth-order valence-electron chi connectivity index (χ4n) is 9.71. The lowest BCUT2D eigenvalue weighted by molar-refractivity contribution is -0.118. The van der Waals surface area contributed by atoms with Gasteiger partial charge in [-0.25, -0.2) is 4.98 Å². The second kappa shape index (κ2) is 28.0. The highest BCUT2D eigenvalue weighted by Gasteiger charge is 2.24. The molecule has 32 nitrogen and oxygen atoms in total. The van der Waals surface area contributed by atoms with Gasteiger partial charge in [0.25, 0.3) is 47.3 Å². The molecule has 478 valence electrons. The Morgan fingerprint density at radius 3 is 1.04 bits per heavy atom. The molecule has 91 heavy (non-hydrogen) atoms. The van der Waals surface area contributed by atoms with E-state index in [1.807, 2.05) is 13.8 Å². The van der Waals surface area contributed by atoms with Crippen LogP contribution in [0.25, 0.3) is 0 Å². The number of rotatable bonds is 26. The lowest BCUT2D eigenvalue weighted by atomic mass is 10.2. The predicted molar refractivity (Wildman–Crippen MR) is 336 cm³/mol. The summed E-state index contributed by atoms with van der Waals surface area (Å²) >= 11 is 0. The molecular weight excluding hydrogens is 1180 g/mol. The summed E-state index contributed by atoms with van der Waals surface area (Å²) < 4.78 is 12.3. The Hall–Kier alpha value is -11.7. The summed E-state index contributed by atoms with van der Waals surface area (Å²) in [7, 11) is 11.3. The van der Waals surface area contributed by atoms with E-state index in [-0.39, 0.29) is 102 Å². The van der Waals surface area contributed by atoms with Crippen LogP contribution in [0.1, 0.15) is 123 Å². The topological polar surface area (TPSA) is 412 Å². The average Bonchev–Trinajstić information content (AvgIpc) is 1.82. The Labute approximate surface area is 520 Å². The number of anilines is 7. The Morgan fingerprint density at radius 2 is 0.703 bits per heavy atom. The third-order valence-corrected chi connectivity index (χ3v) is 14.3. The van der Waals surface area contributed by atoms with E-state index in [1.54, 1.807) is 77.1 Å². The van der Waals surface area contributed by atoms with Gasteiger partial charge in [-0.2, -0.15) is 0 Å². The molecule has 0 saturated carbocycles. The van der Waals surface area contributed by atoms with Crippen LogP contribution < -0.4 is 64.6 Å². The number of carbonyl (C=O) groups is 11. The average molecular weight is 1250 g/mol. The van der Waals surface area contributed by atoms with Crippen LogP contribution in [0.2, 0.25) is 0 Å². The van der Waals surface area contributed by atoms with Crippen LogP contribution >= 0.6 is 0 Å². The number of nitrogens with one attached hydrogen (secondary N) is 10. The van der Waals surface area contributed by atoms with Gasteiger partial charge in [-0.15, -0.1) is 0 Å². The number of nitrogens with zero attached hydrogens (tertiary/aromatic N) is 9. The smallest absolute Gasteiger partial charge is 0.291 e. The molecule has 0 aliphatic carbocycles. The highest BCUT2D eigenvalue weighted by molar-refractivity contribution is 6.09. The molecule has 8 aromatic heterocycles. The van der Waals surface area contributed by atoms with Gasteiger partial charge < -0.3 is 101 Å². The third kappa shape index (κ3) is 16.1. The normalized spacial score (nSPS) is 11.4. The molecule has 32 heteroatoms. The van der Waals surface area contributed by atoms with Gasteiger partial charge in [0.2, 0.25) is 17.7 Å². The van der Waals surface area contributed by atoms with E-state index in [2.05, 4.69) is 58.2 Å². The SMILES string of the molecule is CC(C)n1ccnc1C(=O)Nc1cc(C(=O)NCCC(=O)Nc2cc(C(=O)Nc3cc(C(=O)NCC[C@@H](N)C(=O)Nc4cc(C(=O)Nc5cc(C(=O)Nc6cc(C(=O)NCCC(=O)Nc7cc(C(N)=O)n(C)c7)n(C)c6)n(C)c5)n(C)c4)n(C)c3)n(C)c2)n(C)c1. The summed E-state index contributed by atoms with van der Waals surface area (Å²) in [6.45, 7) is 3.84. The molecule has 0 fully saturated rings. The molecule has 8 heterocycles. The quantitative estimate of drug-likeness (QED) is 0.0371. The van der Waals surface area contributed by atoms with Crippen molar-refractivity contribution in [2.24, 2.45) is 60.8 Å². The van der Waals surface area contributed by atoms with Gasteiger partial charge >= 0.3 is 0 Å². The number of aryl methyl sites for hydroxylation is 7. The maximum atomic E-state index is 13.5. The number of amides is 11. The Bertz CT molecular complexity index is 4150. The summed E-state index contributed by atoms with van der Waals surface area (Å²) in [5.41, 5.74) is 15.1. The molecule has 8 rings (SSSR count). The monoisotopic (exact) mass is 1250 g/mol. The standard InChI is InChI=1S/C59H71N21O11/c1-32(2)80-17-16-62-51(80)59(91)72-39-22-44(76(6)31-39)55(87)65-15-12-49(82)67-34-19-45(77(7)26-34)56(88)69-36-20-42(74(4)28-36)53(85)63-13-10-40(60)52(84)68-35-23-46(78(8)27-35)57(89)71-38-24-47(79(9)30-38)58(90)70-37-21-43(75(5)29-37)54(86)64-14-11-48(81)66-33-18-41(50(61)83)73(3)25-33/h16-32,40H,10-15,60H2,1-9H3,(H2,61,83)(H,63,85)(H,64,86)(H,65,87)(H,66,81)(H,67,82)(H,68,84)(H,69,88)(H,70,90)(H,71,89)(H,72,91)/t40-/m1/s1. The Balaban J connectivity index is 0.734. The van der Waals surface area contributed by atoms with Crippen LogP contribution in [-0.2, 0) is 63.7 Å². The van der Waals surface area contributed by atoms with Gasteiger partial charge in [0.1, 0.15) is 39.9 Å². The maximum Gasteiger partial charge on any atom is 0.291 e. The minimum absolute atomic E-state index is 0.00124. The molecule has 0 spiro atoms. The first-order chi connectivity index (χ1) is 43.1. The van der Waals surface area contributed by atoms with Crippen LogP contribution in [-0.4, -0.2) is 132 Å². The van der Waals surface area contributed by atoms with E-state index < -0.39 is 71.0 Å². The molecule has 0 radical (unpaired) electrons. The van der Waals surface area contributed by atoms with Gasteiger partial charge in [0.15, 0.2) is 5.82 Å². The molecule has 0 bridgehead atoms. The van der Waals surface area contributed by atoms with E-state index in [0.29, 0.717) is 28.4 Å². The molecule has 0 unspecified atom stereocenters. The fourth-order valence-corrected chi connectivity index (χ4v) is 9.71. The van der Waals surface area contributed by atoms with E-state index >= 15 is 0 Å². The van der Waals surface area contributed by atoms with E-state index in [1.165, 1.54) is 107 Å². The van der Waals surface area contributed by atoms with E-state index in [4.69, 9.17) is 11.5 Å². The van der Waals surface area contributed by atoms with Crippen LogP contribution in [0, 0.1) is 0 Å². The molecule has 0 aliphatic heterocycles. The molecule has 0 saturated heterocycles.